The molecule has 0 atom stereocenters. The summed E-state index contributed by atoms with van der Waals surface area (Å²) in [5.74, 6) is -0.0175. The van der Waals surface area contributed by atoms with Crippen LogP contribution in [0.3, 0.4) is 0 Å². The van der Waals surface area contributed by atoms with Crippen molar-refractivity contribution in [3.05, 3.63) is 60.2 Å². The molecule has 0 heterocycles. The third-order valence-corrected chi connectivity index (χ3v) is 4.97. The lowest BCUT2D eigenvalue weighted by Gasteiger charge is -2.09. The van der Waals surface area contributed by atoms with Gasteiger partial charge in [-0.05, 0) is 29.8 Å². The Bertz CT molecular complexity index is 665. The molecule has 2 rings (SSSR count). The van der Waals surface area contributed by atoms with Crippen LogP contribution in [0.2, 0.25) is 0 Å². The Labute approximate surface area is 130 Å². The second-order valence-electron chi connectivity index (χ2n) is 5.04. The van der Waals surface area contributed by atoms with Crippen molar-refractivity contribution in [1.29, 1.82) is 0 Å². The minimum absolute atomic E-state index is 0.0175. The number of anilines is 1. The molecule has 0 amide bonds. The average molecular weight is 321 g/mol. The van der Waals surface area contributed by atoms with Gasteiger partial charge in [0.15, 0.2) is 0 Å². The largest absolute Gasteiger partial charge is 0.283 e. The lowest BCUT2D eigenvalue weighted by atomic mass is 10.2. The molecule has 5 heteroatoms. The molecule has 1 N–H and O–H groups in total. The summed E-state index contributed by atoms with van der Waals surface area (Å²) in [6.45, 7) is 4.25. The van der Waals surface area contributed by atoms with Crippen molar-refractivity contribution in [1.82, 2.24) is 0 Å². The van der Waals surface area contributed by atoms with Crippen LogP contribution < -0.4 is 4.72 Å². The Morgan fingerprint density at radius 2 is 1.62 bits per heavy atom. The average Bonchev–Trinajstić information content (AvgIpc) is 2.40. The predicted octanol–water partition coefficient (Wildman–Crippen LogP) is 4.13. The molecule has 0 aliphatic carbocycles. The van der Waals surface area contributed by atoms with Crippen molar-refractivity contribution in [2.45, 2.75) is 29.7 Å². The van der Waals surface area contributed by atoms with E-state index in [1.807, 2.05) is 42.5 Å². The van der Waals surface area contributed by atoms with Gasteiger partial charge >= 0.3 is 0 Å². The molecule has 21 heavy (non-hydrogen) atoms. The maximum absolute atomic E-state index is 12.1. The fourth-order valence-corrected chi connectivity index (χ4v) is 3.92. The fourth-order valence-electron chi connectivity index (χ4n) is 1.88. The van der Waals surface area contributed by atoms with Crippen LogP contribution in [-0.4, -0.2) is 13.7 Å². The van der Waals surface area contributed by atoms with Crippen LogP contribution in [-0.2, 0) is 15.8 Å². The second-order valence-corrected chi connectivity index (χ2v) is 8.41. The van der Waals surface area contributed by atoms with E-state index in [0.717, 1.165) is 10.5 Å². The Morgan fingerprint density at radius 1 is 1.00 bits per heavy atom. The van der Waals surface area contributed by atoms with Crippen LogP contribution in [0.1, 0.15) is 19.4 Å². The minimum Gasteiger partial charge on any atom is -0.283 e. The molecule has 112 valence electrons. The summed E-state index contributed by atoms with van der Waals surface area (Å²) in [7, 11) is -3.38. The highest BCUT2D eigenvalue weighted by Gasteiger charge is 2.11. The highest BCUT2D eigenvalue weighted by atomic mass is 32.2. The monoisotopic (exact) mass is 321 g/mol. The van der Waals surface area contributed by atoms with Gasteiger partial charge in [0.1, 0.15) is 0 Å². The van der Waals surface area contributed by atoms with Crippen LogP contribution in [0.15, 0.2) is 59.5 Å². The Morgan fingerprint density at radius 3 is 2.19 bits per heavy atom. The number of hydrogen-bond donors (Lipinski definition) is 1. The number of nitrogens with one attached hydrogen (secondary N) is 1. The van der Waals surface area contributed by atoms with Crippen LogP contribution in [0, 0.1) is 0 Å². The SMILES string of the molecule is CC(C)Sc1ccc(NS(=O)(=O)Cc2ccccc2)cc1. The molecule has 3 nitrogen and oxygen atoms in total. The molecule has 2 aromatic carbocycles. The van der Waals surface area contributed by atoms with E-state index in [0.29, 0.717) is 10.9 Å². The Balaban J connectivity index is 2.03. The maximum atomic E-state index is 12.1. The molecule has 0 aliphatic rings. The number of benzene rings is 2. The standard InChI is InChI=1S/C16H19NO2S2/c1-13(2)20-16-10-8-15(9-11-16)17-21(18,19)12-14-6-4-3-5-7-14/h3-11,13,17H,12H2,1-2H3. The van der Waals surface area contributed by atoms with Gasteiger partial charge in [0.2, 0.25) is 10.0 Å². The molecule has 0 spiro atoms. The lowest BCUT2D eigenvalue weighted by Crippen LogP contribution is -2.14. The van der Waals surface area contributed by atoms with Gasteiger partial charge in [-0.25, -0.2) is 8.42 Å². The highest BCUT2D eigenvalue weighted by Crippen LogP contribution is 2.24. The number of thioether (sulfide) groups is 1. The van der Waals surface area contributed by atoms with Crippen LogP contribution >= 0.6 is 11.8 Å². The number of sulfonamides is 1. The molecule has 0 aromatic heterocycles. The van der Waals surface area contributed by atoms with Crippen LogP contribution in [0.25, 0.3) is 0 Å². The molecule has 0 fully saturated rings. The minimum atomic E-state index is -3.38. The smallest absolute Gasteiger partial charge is 0.236 e. The Kier molecular flexibility index (Phi) is 5.31. The molecule has 0 unspecified atom stereocenters. The first kappa shape index (κ1) is 15.9. The summed E-state index contributed by atoms with van der Waals surface area (Å²) in [5, 5.41) is 0.505. The molecule has 0 aliphatic heterocycles. The third kappa shape index (κ3) is 5.44. The topological polar surface area (TPSA) is 46.2 Å². The van der Waals surface area contributed by atoms with Crippen LogP contribution in [0.4, 0.5) is 5.69 Å². The van der Waals surface area contributed by atoms with Crippen molar-refractivity contribution in [3.8, 4) is 0 Å². The van der Waals surface area contributed by atoms with Crippen LogP contribution in [0.5, 0.6) is 0 Å². The number of hydrogen-bond acceptors (Lipinski definition) is 3. The van der Waals surface area contributed by atoms with Crippen molar-refractivity contribution in [3.63, 3.8) is 0 Å². The van der Waals surface area contributed by atoms with Gasteiger partial charge in [0, 0.05) is 15.8 Å². The van der Waals surface area contributed by atoms with Gasteiger partial charge in [0.05, 0.1) is 5.75 Å². The van der Waals surface area contributed by atoms with E-state index in [2.05, 4.69) is 18.6 Å². The molecule has 0 saturated carbocycles. The first-order chi connectivity index (χ1) is 9.94. The van der Waals surface area contributed by atoms with E-state index >= 15 is 0 Å². The quantitative estimate of drug-likeness (QED) is 0.814. The molecule has 0 saturated heterocycles. The summed E-state index contributed by atoms with van der Waals surface area (Å²) < 4.78 is 26.8. The van der Waals surface area contributed by atoms with Gasteiger partial charge in [-0.1, -0.05) is 44.2 Å². The lowest BCUT2D eigenvalue weighted by molar-refractivity contribution is 0.600. The molecule has 2 aromatic rings. The summed E-state index contributed by atoms with van der Waals surface area (Å²) in [6, 6.07) is 16.6. The van der Waals surface area contributed by atoms with E-state index in [4.69, 9.17) is 0 Å². The van der Waals surface area contributed by atoms with E-state index in [-0.39, 0.29) is 5.75 Å². The van der Waals surface area contributed by atoms with Gasteiger partial charge in [0.25, 0.3) is 0 Å². The van der Waals surface area contributed by atoms with Crippen molar-refractivity contribution < 1.29 is 8.42 Å². The molecular weight excluding hydrogens is 302 g/mol. The van der Waals surface area contributed by atoms with Crippen molar-refractivity contribution >= 4 is 27.5 Å². The van der Waals surface area contributed by atoms with E-state index in [1.165, 1.54) is 0 Å². The summed E-state index contributed by atoms with van der Waals surface area (Å²) in [4.78, 5) is 1.14. The van der Waals surface area contributed by atoms with Crippen molar-refractivity contribution in [2.75, 3.05) is 4.72 Å². The molecule has 0 bridgehead atoms. The molecule has 0 radical (unpaired) electrons. The van der Waals surface area contributed by atoms with E-state index in [1.54, 1.807) is 23.9 Å². The second kappa shape index (κ2) is 7.00. The van der Waals surface area contributed by atoms with E-state index in [9.17, 15) is 8.42 Å². The predicted molar refractivity (Wildman–Crippen MR) is 90.1 cm³/mol. The first-order valence-corrected chi connectivity index (χ1v) is 9.29. The first-order valence-electron chi connectivity index (χ1n) is 6.76. The zero-order valence-electron chi connectivity index (χ0n) is 12.1. The van der Waals surface area contributed by atoms with Crippen molar-refractivity contribution in [2.24, 2.45) is 0 Å². The zero-order valence-corrected chi connectivity index (χ0v) is 13.7. The van der Waals surface area contributed by atoms with Gasteiger partial charge in [-0.2, -0.15) is 0 Å². The third-order valence-electron chi connectivity index (χ3n) is 2.70. The normalized spacial score (nSPS) is 11.6. The maximum Gasteiger partial charge on any atom is 0.236 e. The summed E-state index contributed by atoms with van der Waals surface area (Å²) in [6.07, 6.45) is 0. The van der Waals surface area contributed by atoms with Gasteiger partial charge in [-0.15, -0.1) is 11.8 Å². The highest BCUT2D eigenvalue weighted by molar-refractivity contribution is 7.99. The van der Waals surface area contributed by atoms with Gasteiger partial charge in [-0.3, -0.25) is 4.72 Å². The summed E-state index contributed by atoms with van der Waals surface area (Å²) in [5.41, 5.74) is 1.37. The summed E-state index contributed by atoms with van der Waals surface area (Å²) >= 11 is 1.75. The van der Waals surface area contributed by atoms with E-state index < -0.39 is 10.0 Å². The Hall–Kier alpha value is -1.46. The molecular formula is C16H19NO2S2. The number of rotatable bonds is 6. The van der Waals surface area contributed by atoms with Gasteiger partial charge < -0.3 is 0 Å². The zero-order chi connectivity index (χ0) is 15.3. The fraction of sp³-hybridized carbons (Fsp3) is 0.250.